The molecule has 0 radical (unpaired) electrons. The van der Waals surface area contributed by atoms with Crippen LogP contribution in [0, 0.1) is 0 Å². The quantitative estimate of drug-likeness (QED) is 0.629. The van der Waals surface area contributed by atoms with Crippen LogP contribution in [0.25, 0.3) is 0 Å². The molecule has 0 bridgehead atoms. The zero-order valence-electron chi connectivity index (χ0n) is 7.59. The van der Waals surface area contributed by atoms with E-state index >= 15 is 0 Å². The van der Waals surface area contributed by atoms with Crippen molar-refractivity contribution >= 4 is 5.97 Å². The maximum Gasteiger partial charge on any atom is 0.319 e. The first-order valence-corrected chi connectivity index (χ1v) is 4.35. The van der Waals surface area contributed by atoms with Crippen molar-refractivity contribution in [3.05, 3.63) is 0 Å². The minimum atomic E-state index is -1.02. The summed E-state index contributed by atoms with van der Waals surface area (Å²) in [5, 5.41) is 2.74. The number of rotatable bonds is 4. The Kier molecular flexibility index (Phi) is 4.11. The molecule has 1 aliphatic rings. The molecule has 0 spiro atoms. The van der Waals surface area contributed by atoms with Gasteiger partial charge < -0.3 is 9.47 Å². The van der Waals surface area contributed by atoms with Crippen molar-refractivity contribution < 1.29 is 18.7 Å². The van der Waals surface area contributed by atoms with E-state index < -0.39 is 6.17 Å². The normalized spacial score (nSPS) is 27.5. The molecule has 0 aromatic rings. The van der Waals surface area contributed by atoms with Crippen LogP contribution in [0.5, 0.6) is 0 Å². The lowest BCUT2D eigenvalue weighted by molar-refractivity contribution is -0.142. The van der Waals surface area contributed by atoms with E-state index in [0.29, 0.717) is 13.2 Å². The van der Waals surface area contributed by atoms with Gasteiger partial charge in [0.05, 0.1) is 32.4 Å². The van der Waals surface area contributed by atoms with Gasteiger partial charge in [0.1, 0.15) is 6.17 Å². The van der Waals surface area contributed by atoms with Gasteiger partial charge in [-0.25, -0.2) is 4.39 Å². The lowest BCUT2D eigenvalue weighted by Crippen LogP contribution is -2.40. The van der Waals surface area contributed by atoms with Gasteiger partial charge in [-0.3, -0.25) is 10.1 Å². The SMILES string of the molecule is CCOC(=O)CN[C@@H]1COC[C@H]1F. The second-order valence-corrected chi connectivity index (χ2v) is 2.85. The molecular weight excluding hydrogens is 177 g/mol. The number of carbonyl (C=O) groups is 1. The third-order valence-electron chi connectivity index (χ3n) is 1.82. The minimum Gasteiger partial charge on any atom is -0.465 e. The van der Waals surface area contributed by atoms with Crippen molar-refractivity contribution in [1.29, 1.82) is 0 Å². The molecule has 1 N–H and O–H groups in total. The monoisotopic (exact) mass is 191 g/mol. The van der Waals surface area contributed by atoms with E-state index in [1.54, 1.807) is 6.92 Å². The van der Waals surface area contributed by atoms with E-state index in [0.717, 1.165) is 0 Å². The average Bonchev–Trinajstić information content (AvgIpc) is 2.48. The summed E-state index contributed by atoms with van der Waals surface area (Å²) < 4.78 is 22.4. The van der Waals surface area contributed by atoms with Crippen LogP contribution in [0.4, 0.5) is 4.39 Å². The molecule has 1 rings (SSSR count). The van der Waals surface area contributed by atoms with Crippen LogP contribution in [0.3, 0.4) is 0 Å². The fraction of sp³-hybridized carbons (Fsp3) is 0.875. The van der Waals surface area contributed by atoms with Gasteiger partial charge >= 0.3 is 5.97 Å². The molecule has 4 nitrogen and oxygen atoms in total. The van der Waals surface area contributed by atoms with Gasteiger partial charge in [-0.2, -0.15) is 0 Å². The first-order chi connectivity index (χ1) is 6.24. The van der Waals surface area contributed by atoms with Crippen molar-refractivity contribution in [2.24, 2.45) is 0 Å². The predicted molar refractivity (Wildman–Crippen MR) is 44.1 cm³/mol. The highest BCUT2D eigenvalue weighted by molar-refractivity contribution is 5.71. The molecule has 5 heteroatoms. The van der Waals surface area contributed by atoms with Gasteiger partial charge in [-0.1, -0.05) is 0 Å². The highest BCUT2D eigenvalue weighted by Crippen LogP contribution is 2.08. The summed E-state index contributed by atoms with van der Waals surface area (Å²) in [7, 11) is 0. The van der Waals surface area contributed by atoms with E-state index in [1.807, 2.05) is 0 Å². The maximum absolute atomic E-state index is 12.9. The molecule has 13 heavy (non-hydrogen) atoms. The van der Waals surface area contributed by atoms with E-state index in [2.05, 4.69) is 10.1 Å². The Labute approximate surface area is 76.4 Å². The number of esters is 1. The lowest BCUT2D eigenvalue weighted by atomic mass is 10.2. The van der Waals surface area contributed by atoms with E-state index in [9.17, 15) is 9.18 Å². The zero-order chi connectivity index (χ0) is 9.68. The number of alkyl halides is 1. The Morgan fingerprint density at radius 2 is 2.46 bits per heavy atom. The predicted octanol–water partition coefficient (Wildman–Crippen LogP) is -0.124. The third-order valence-corrected chi connectivity index (χ3v) is 1.82. The summed E-state index contributed by atoms with van der Waals surface area (Å²) in [5.41, 5.74) is 0. The third kappa shape index (κ3) is 3.28. The minimum absolute atomic E-state index is 0.0439. The van der Waals surface area contributed by atoms with Crippen LogP contribution in [-0.2, 0) is 14.3 Å². The number of carbonyl (C=O) groups excluding carboxylic acids is 1. The summed E-state index contributed by atoms with van der Waals surface area (Å²) in [6, 6.07) is -0.371. The number of hydrogen-bond donors (Lipinski definition) is 1. The van der Waals surface area contributed by atoms with Gasteiger partial charge in [-0.15, -0.1) is 0 Å². The van der Waals surface area contributed by atoms with E-state index in [4.69, 9.17) is 4.74 Å². The van der Waals surface area contributed by atoms with Gasteiger partial charge in [0.25, 0.3) is 0 Å². The van der Waals surface area contributed by atoms with E-state index in [-0.39, 0.29) is 25.2 Å². The Bertz CT molecular complexity index is 177. The average molecular weight is 191 g/mol. The van der Waals surface area contributed by atoms with Crippen LogP contribution in [0.2, 0.25) is 0 Å². The second-order valence-electron chi connectivity index (χ2n) is 2.85. The molecule has 0 amide bonds. The van der Waals surface area contributed by atoms with Crippen LogP contribution < -0.4 is 5.32 Å². The topological polar surface area (TPSA) is 47.6 Å². The molecule has 1 fully saturated rings. The molecule has 0 aromatic heterocycles. The highest BCUT2D eigenvalue weighted by Gasteiger charge is 2.27. The van der Waals surface area contributed by atoms with Gasteiger partial charge in [0.2, 0.25) is 0 Å². The maximum atomic E-state index is 12.9. The Morgan fingerprint density at radius 3 is 3.00 bits per heavy atom. The van der Waals surface area contributed by atoms with Gasteiger partial charge in [0.15, 0.2) is 0 Å². The standard InChI is InChI=1S/C8H14FNO3/c1-2-13-8(11)3-10-7-5-12-4-6(7)9/h6-7,10H,2-5H2,1H3/t6-,7-/m1/s1. The molecule has 1 aliphatic heterocycles. The molecule has 2 atom stereocenters. The zero-order valence-corrected chi connectivity index (χ0v) is 7.59. The molecule has 0 aromatic carbocycles. The van der Waals surface area contributed by atoms with E-state index in [1.165, 1.54) is 0 Å². The summed E-state index contributed by atoms with van der Waals surface area (Å²) in [6.45, 7) is 2.55. The van der Waals surface area contributed by atoms with Crippen LogP contribution in [0.1, 0.15) is 6.92 Å². The van der Waals surface area contributed by atoms with Crippen molar-refractivity contribution in [2.75, 3.05) is 26.4 Å². The largest absolute Gasteiger partial charge is 0.465 e. The second kappa shape index (κ2) is 5.14. The van der Waals surface area contributed by atoms with Crippen molar-refractivity contribution in [2.45, 2.75) is 19.1 Å². The van der Waals surface area contributed by atoms with Crippen molar-refractivity contribution in [1.82, 2.24) is 5.32 Å². The highest BCUT2D eigenvalue weighted by atomic mass is 19.1. The molecule has 1 heterocycles. The summed E-state index contributed by atoms with van der Waals surface area (Å²) in [6.07, 6.45) is -1.02. The number of nitrogens with one attached hydrogen (secondary N) is 1. The number of ether oxygens (including phenoxy) is 2. The van der Waals surface area contributed by atoms with Crippen LogP contribution in [0.15, 0.2) is 0 Å². The fourth-order valence-corrected chi connectivity index (χ4v) is 1.14. The summed E-state index contributed by atoms with van der Waals surface area (Å²) >= 11 is 0. The van der Waals surface area contributed by atoms with Gasteiger partial charge in [0, 0.05) is 0 Å². The first kappa shape index (κ1) is 10.4. The Morgan fingerprint density at radius 1 is 1.69 bits per heavy atom. The van der Waals surface area contributed by atoms with Crippen molar-refractivity contribution in [3.8, 4) is 0 Å². The number of halogens is 1. The Balaban J connectivity index is 2.14. The smallest absolute Gasteiger partial charge is 0.319 e. The molecular formula is C8H14FNO3. The molecule has 0 unspecified atom stereocenters. The fourth-order valence-electron chi connectivity index (χ4n) is 1.14. The van der Waals surface area contributed by atoms with Crippen LogP contribution >= 0.6 is 0 Å². The van der Waals surface area contributed by atoms with Crippen molar-refractivity contribution in [3.63, 3.8) is 0 Å². The number of hydrogen-bond acceptors (Lipinski definition) is 4. The first-order valence-electron chi connectivity index (χ1n) is 4.35. The summed E-state index contributed by atoms with van der Waals surface area (Å²) in [5.74, 6) is -0.360. The molecule has 0 aliphatic carbocycles. The Hall–Kier alpha value is -0.680. The molecule has 1 saturated heterocycles. The lowest BCUT2D eigenvalue weighted by Gasteiger charge is -2.11. The molecule has 76 valence electrons. The molecule has 0 saturated carbocycles. The van der Waals surface area contributed by atoms with Gasteiger partial charge in [-0.05, 0) is 6.92 Å². The summed E-state index contributed by atoms with van der Waals surface area (Å²) in [4.78, 5) is 10.9. The van der Waals surface area contributed by atoms with Crippen LogP contribution in [-0.4, -0.2) is 44.5 Å².